The van der Waals surface area contributed by atoms with Gasteiger partial charge in [-0.15, -0.1) is 0 Å². The summed E-state index contributed by atoms with van der Waals surface area (Å²) in [5.41, 5.74) is 1.24. The van der Waals surface area contributed by atoms with Crippen molar-refractivity contribution in [1.82, 2.24) is 5.32 Å². The molecule has 3 rings (SSSR count). The first-order valence-electron chi connectivity index (χ1n) is 8.90. The number of aliphatic carboxylic acids is 1. The third kappa shape index (κ3) is 3.89. The van der Waals surface area contributed by atoms with Crippen LogP contribution in [0.1, 0.15) is 52.8 Å². The van der Waals surface area contributed by atoms with Crippen LogP contribution in [-0.4, -0.2) is 41.0 Å². The highest BCUT2D eigenvalue weighted by molar-refractivity contribution is 6.28. The molecular weight excluding hydrogens is 352 g/mol. The van der Waals surface area contributed by atoms with Gasteiger partial charge in [-0.25, -0.2) is 0 Å². The van der Waals surface area contributed by atoms with Crippen LogP contribution < -0.4 is 10.6 Å². The van der Waals surface area contributed by atoms with Crippen LogP contribution in [-0.2, 0) is 14.4 Å². The molecule has 1 heterocycles. The molecule has 0 aromatic heterocycles. The van der Waals surface area contributed by atoms with Crippen molar-refractivity contribution in [3.05, 3.63) is 29.3 Å². The largest absolute Gasteiger partial charge is 0.481 e. The first-order valence-corrected chi connectivity index (χ1v) is 8.90. The number of nitrogens with one attached hydrogen (secondary N) is 2. The van der Waals surface area contributed by atoms with E-state index in [1.807, 2.05) is 0 Å². The zero-order chi connectivity index (χ0) is 19.6. The van der Waals surface area contributed by atoms with E-state index in [0.717, 1.165) is 0 Å². The van der Waals surface area contributed by atoms with E-state index in [1.54, 1.807) is 18.2 Å². The summed E-state index contributed by atoms with van der Waals surface area (Å²) in [7, 11) is 0. The topological polar surface area (TPSA) is 130 Å². The van der Waals surface area contributed by atoms with Gasteiger partial charge in [0.15, 0.2) is 11.6 Å². The number of benzene rings is 1. The van der Waals surface area contributed by atoms with E-state index in [0.29, 0.717) is 30.6 Å². The van der Waals surface area contributed by atoms with Crippen LogP contribution >= 0.6 is 0 Å². The molecule has 0 bridgehead atoms. The van der Waals surface area contributed by atoms with Crippen LogP contribution in [0.25, 0.3) is 0 Å². The quantitative estimate of drug-likeness (QED) is 0.375. The van der Waals surface area contributed by atoms with Gasteiger partial charge in [0.1, 0.15) is 0 Å². The summed E-state index contributed by atoms with van der Waals surface area (Å²) in [5, 5.41) is 13.9. The Bertz CT molecular complexity index is 831. The van der Waals surface area contributed by atoms with Gasteiger partial charge in [0.25, 0.3) is 0 Å². The summed E-state index contributed by atoms with van der Waals surface area (Å²) in [6, 6.07) is 4.85. The Kier molecular flexibility index (Phi) is 5.34. The zero-order valence-corrected chi connectivity index (χ0v) is 14.6. The van der Waals surface area contributed by atoms with Gasteiger partial charge < -0.3 is 10.4 Å². The average molecular weight is 372 g/mol. The summed E-state index contributed by atoms with van der Waals surface area (Å²) in [4.78, 5) is 59.3. The van der Waals surface area contributed by atoms with Gasteiger partial charge in [0.2, 0.25) is 11.8 Å². The van der Waals surface area contributed by atoms with E-state index in [-0.39, 0.29) is 42.3 Å². The minimum Gasteiger partial charge on any atom is -0.481 e. The fraction of sp³-hybridized carbons (Fsp3) is 0.421. The Morgan fingerprint density at radius 3 is 2.56 bits per heavy atom. The minimum atomic E-state index is -1.07. The number of piperidine rings is 1. The normalized spacial score (nSPS) is 21.8. The lowest BCUT2D eigenvalue weighted by atomic mass is 9.82. The van der Waals surface area contributed by atoms with Crippen molar-refractivity contribution in [2.24, 2.45) is 11.8 Å². The number of carbonyl (C=O) groups is 5. The van der Waals surface area contributed by atoms with Crippen LogP contribution in [0.4, 0.5) is 5.69 Å². The maximum atomic E-state index is 12.8. The second-order valence-corrected chi connectivity index (χ2v) is 6.80. The number of ketones is 2. The number of amides is 2. The molecule has 2 atom stereocenters. The number of carboxylic acids is 1. The lowest BCUT2D eigenvalue weighted by molar-refractivity contribution is -0.138. The molecule has 8 nitrogen and oxygen atoms in total. The molecule has 2 unspecified atom stereocenters. The number of hydrogen-bond donors (Lipinski definition) is 3. The van der Waals surface area contributed by atoms with E-state index in [2.05, 4.69) is 10.6 Å². The molecule has 1 saturated heterocycles. The maximum absolute atomic E-state index is 12.8. The smallest absolute Gasteiger partial charge is 0.303 e. The number of hydrogen-bond acceptors (Lipinski definition) is 6. The lowest BCUT2D eigenvalue weighted by Crippen LogP contribution is -2.46. The SMILES string of the molecule is O=C(O)CCCCNc1ccc2c(c1)C(=O)C(C1CCC(=O)NC1=O)C2=O. The summed E-state index contributed by atoms with van der Waals surface area (Å²) >= 11 is 0. The van der Waals surface area contributed by atoms with Gasteiger partial charge in [-0.2, -0.15) is 0 Å². The summed E-state index contributed by atoms with van der Waals surface area (Å²) in [6.07, 6.45) is 1.62. The predicted molar refractivity (Wildman–Crippen MR) is 94.4 cm³/mol. The van der Waals surface area contributed by atoms with Crippen molar-refractivity contribution >= 4 is 35.0 Å². The number of Topliss-reactive ketones (excluding diaryl/α,β-unsaturated/α-hetero) is 2. The van der Waals surface area contributed by atoms with Crippen molar-refractivity contribution in [3.63, 3.8) is 0 Å². The van der Waals surface area contributed by atoms with Gasteiger partial charge in [-0.1, -0.05) is 0 Å². The molecule has 142 valence electrons. The summed E-state index contributed by atoms with van der Waals surface area (Å²) in [6.45, 7) is 0.546. The molecular formula is C19H20N2O6. The van der Waals surface area contributed by atoms with Gasteiger partial charge in [0, 0.05) is 36.2 Å². The molecule has 2 amide bonds. The monoisotopic (exact) mass is 372 g/mol. The fourth-order valence-corrected chi connectivity index (χ4v) is 3.55. The molecule has 8 heteroatoms. The standard InChI is InChI=1S/C19H20N2O6/c22-14-7-6-12(19(27)21-14)16-17(25)11-5-4-10(9-13(11)18(16)26)20-8-2-1-3-15(23)24/h4-5,9,12,16,20H,1-3,6-8H2,(H,23,24)(H,21,22,27). The maximum Gasteiger partial charge on any atom is 0.303 e. The predicted octanol–water partition coefficient (Wildman–Crippen LogP) is 1.40. The number of carbonyl (C=O) groups excluding carboxylic acids is 4. The lowest BCUT2D eigenvalue weighted by Gasteiger charge is -2.23. The second kappa shape index (κ2) is 7.69. The Hall–Kier alpha value is -3.03. The van der Waals surface area contributed by atoms with E-state index in [4.69, 9.17) is 5.11 Å². The fourth-order valence-electron chi connectivity index (χ4n) is 3.55. The number of imide groups is 1. The van der Waals surface area contributed by atoms with Crippen molar-refractivity contribution in [2.75, 3.05) is 11.9 Å². The number of carboxylic acid groups (broad SMARTS) is 1. The van der Waals surface area contributed by atoms with E-state index in [9.17, 15) is 24.0 Å². The van der Waals surface area contributed by atoms with Gasteiger partial charge >= 0.3 is 5.97 Å². The molecule has 1 aromatic rings. The first kappa shape index (κ1) is 18.8. The van der Waals surface area contributed by atoms with E-state index in [1.165, 1.54) is 0 Å². The van der Waals surface area contributed by atoms with Gasteiger partial charge in [-0.05, 0) is 37.5 Å². The van der Waals surface area contributed by atoms with Crippen LogP contribution in [0.5, 0.6) is 0 Å². The molecule has 0 spiro atoms. The molecule has 27 heavy (non-hydrogen) atoms. The van der Waals surface area contributed by atoms with Crippen molar-refractivity contribution in [1.29, 1.82) is 0 Å². The van der Waals surface area contributed by atoms with Gasteiger partial charge in [0.05, 0.1) is 11.8 Å². The number of rotatable bonds is 7. The molecule has 0 saturated carbocycles. The average Bonchev–Trinajstić information content (AvgIpc) is 2.86. The highest BCUT2D eigenvalue weighted by Gasteiger charge is 2.47. The van der Waals surface area contributed by atoms with E-state index >= 15 is 0 Å². The van der Waals surface area contributed by atoms with E-state index < -0.39 is 23.7 Å². The highest BCUT2D eigenvalue weighted by Crippen LogP contribution is 2.36. The number of anilines is 1. The molecule has 1 aliphatic heterocycles. The van der Waals surface area contributed by atoms with Crippen LogP contribution in [0, 0.1) is 11.8 Å². The molecule has 3 N–H and O–H groups in total. The van der Waals surface area contributed by atoms with Crippen LogP contribution in [0.2, 0.25) is 0 Å². The minimum absolute atomic E-state index is 0.104. The van der Waals surface area contributed by atoms with Crippen LogP contribution in [0.15, 0.2) is 18.2 Å². The van der Waals surface area contributed by atoms with Gasteiger partial charge in [-0.3, -0.25) is 29.3 Å². The first-order chi connectivity index (χ1) is 12.9. The third-order valence-electron chi connectivity index (χ3n) is 4.95. The summed E-state index contributed by atoms with van der Waals surface area (Å²) in [5.74, 6) is -4.45. The van der Waals surface area contributed by atoms with Crippen LogP contribution in [0.3, 0.4) is 0 Å². The molecule has 1 fully saturated rings. The molecule has 1 aliphatic carbocycles. The zero-order valence-electron chi connectivity index (χ0n) is 14.6. The third-order valence-corrected chi connectivity index (χ3v) is 4.95. The van der Waals surface area contributed by atoms with Crippen molar-refractivity contribution < 1.29 is 29.1 Å². The molecule has 1 aromatic carbocycles. The Balaban J connectivity index is 1.68. The Morgan fingerprint density at radius 1 is 1.11 bits per heavy atom. The molecule has 2 aliphatic rings. The summed E-state index contributed by atoms with van der Waals surface area (Å²) < 4.78 is 0. The number of fused-ring (bicyclic) bond motifs is 1. The van der Waals surface area contributed by atoms with Crippen molar-refractivity contribution in [3.8, 4) is 0 Å². The Labute approximate surface area is 155 Å². The number of unbranched alkanes of at least 4 members (excludes halogenated alkanes) is 1. The molecule has 0 radical (unpaired) electrons. The highest BCUT2D eigenvalue weighted by atomic mass is 16.4. The Morgan fingerprint density at radius 2 is 1.85 bits per heavy atom. The van der Waals surface area contributed by atoms with Crippen molar-refractivity contribution in [2.45, 2.75) is 32.1 Å². The second-order valence-electron chi connectivity index (χ2n) is 6.80.